The van der Waals surface area contributed by atoms with Gasteiger partial charge in [0.1, 0.15) is 0 Å². The number of benzene rings is 1. The van der Waals surface area contributed by atoms with Gasteiger partial charge in [-0.25, -0.2) is 4.98 Å². The maximum atomic E-state index is 5.26. The third kappa shape index (κ3) is 2.80. The third-order valence-electron chi connectivity index (χ3n) is 3.78. The molecule has 4 heteroatoms. The van der Waals surface area contributed by atoms with Crippen LogP contribution in [0.15, 0.2) is 47.1 Å². The minimum Gasteiger partial charge on any atom is -0.480 e. The van der Waals surface area contributed by atoms with Crippen molar-refractivity contribution in [2.75, 3.05) is 12.4 Å². The van der Waals surface area contributed by atoms with Crippen molar-refractivity contribution < 1.29 is 4.74 Å². The molecule has 0 aliphatic heterocycles. The van der Waals surface area contributed by atoms with Gasteiger partial charge in [-0.15, -0.1) is 0 Å². The molecule has 0 atom stereocenters. The monoisotopic (exact) mass is 332 g/mol. The lowest BCUT2D eigenvalue weighted by Gasteiger charge is -2.37. The molecule has 1 saturated carbocycles. The number of halogens is 1. The highest BCUT2D eigenvalue weighted by molar-refractivity contribution is 9.10. The van der Waals surface area contributed by atoms with E-state index in [0.717, 1.165) is 23.0 Å². The molecule has 2 aromatic rings. The first-order chi connectivity index (χ1) is 9.76. The molecular formula is C16H17BrN2O. The number of hydrogen-bond donors (Lipinski definition) is 1. The van der Waals surface area contributed by atoms with Gasteiger partial charge >= 0.3 is 0 Å². The van der Waals surface area contributed by atoms with E-state index in [2.05, 4.69) is 50.5 Å². The number of ether oxygens (including phenoxy) is 1. The van der Waals surface area contributed by atoms with Gasteiger partial charge in [-0.1, -0.05) is 28.1 Å². The smallest absolute Gasteiger partial charge is 0.237 e. The molecule has 1 aliphatic carbocycles. The fourth-order valence-corrected chi connectivity index (χ4v) is 3.07. The van der Waals surface area contributed by atoms with E-state index >= 15 is 0 Å². The van der Waals surface area contributed by atoms with Crippen molar-refractivity contribution in [2.24, 2.45) is 0 Å². The Hall–Kier alpha value is -1.55. The zero-order valence-corrected chi connectivity index (χ0v) is 12.9. The summed E-state index contributed by atoms with van der Waals surface area (Å²) >= 11 is 3.53. The molecule has 1 aromatic heterocycles. The molecule has 0 radical (unpaired) electrons. The van der Waals surface area contributed by atoms with Crippen molar-refractivity contribution in [3.8, 4) is 5.88 Å². The topological polar surface area (TPSA) is 34.1 Å². The Balaban J connectivity index is 1.61. The average Bonchev–Trinajstić information content (AvgIpc) is 2.42. The van der Waals surface area contributed by atoms with Gasteiger partial charge in [0.25, 0.3) is 0 Å². The minimum absolute atomic E-state index is 0.497. The normalized spacial score (nSPS) is 21.1. The zero-order valence-electron chi connectivity index (χ0n) is 11.3. The quantitative estimate of drug-likeness (QED) is 0.910. The zero-order chi connectivity index (χ0) is 13.9. The molecule has 1 N–H and O–H groups in total. The predicted molar refractivity (Wildman–Crippen MR) is 84.3 cm³/mol. The van der Waals surface area contributed by atoms with Gasteiger partial charge in [0.15, 0.2) is 0 Å². The number of methoxy groups -OCH3 is 1. The van der Waals surface area contributed by atoms with Crippen LogP contribution in [0.25, 0.3) is 0 Å². The number of anilines is 1. The fraction of sp³-hybridized carbons (Fsp3) is 0.312. The molecule has 104 valence electrons. The molecule has 0 unspecified atom stereocenters. The lowest BCUT2D eigenvalue weighted by Crippen LogP contribution is -2.34. The predicted octanol–water partition coefficient (Wildman–Crippen LogP) is 4.21. The molecule has 0 saturated heterocycles. The van der Waals surface area contributed by atoms with Crippen LogP contribution in [0.3, 0.4) is 0 Å². The van der Waals surface area contributed by atoms with Crippen LogP contribution in [0.4, 0.5) is 5.69 Å². The van der Waals surface area contributed by atoms with Gasteiger partial charge in [0.05, 0.1) is 12.8 Å². The van der Waals surface area contributed by atoms with Crippen LogP contribution in [0.5, 0.6) is 5.88 Å². The maximum absolute atomic E-state index is 5.26. The second-order valence-electron chi connectivity index (χ2n) is 5.12. The Morgan fingerprint density at radius 2 is 2.10 bits per heavy atom. The number of hydrogen-bond acceptors (Lipinski definition) is 3. The van der Waals surface area contributed by atoms with Crippen molar-refractivity contribution >= 4 is 21.6 Å². The standard InChI is InChI=1S/C16H17BrN2O/c1-20-16-15(6-3-7-18-16)19-14-9-12(10-14)11-4-2-5-13(17)8-11/h2-8,12,14,19H,9-10H2,1H3. The van der Waals surface area contributed by atoms with E-state index in [1.807, 2.05) is 12.1 Å². The SMILES string of the molecule is COc1ncccc1NC1CC(c2cccc(Br)c2)C1. The summed E-state index contributed by atoms with van der Waals surface area (Å²) in [5, 5.41) is 3.51. The molecule has 1 aromatic carbocycles. The van der Waals surface area contributed by atoms with Crippen molar-refractivity contribution in [2.45, 2.75) is 24.8 Å². The van der Waals surface area contributed by atoms with E-state index in [1.165, 1.54) is 5.56 Å². The lowest BCUT2D eigenvalue weighted by molar-refractivity contribution is 0.367. The van der Waals surface area contributed by atoms with Gasteiger partial charge in [-0.3, -0.25) is 0 Å². The van der Waals surface area contributed by atoms with Gasteiger partial charge in [-0.2, -0.15) is 0 Å². The van der Waals surface area contributed by atoms with Gasteiger partial charge in [0, 0.05) is 16.7 Å². The first kappa shape index (κ1) is 13.4. The number of aromatic nitrogens is 1. The van der Waals surface area contributed by atoms with E-state index < -0.39 is 0 Å². The summed E-state index contributed by atoms with van der Waals surface area (Å²) in [6, 6.07) is 13.0. The van der Waals surface area contributed by atoms with E-state index in [0.29, 0.717) is 17.8 Å². The van der Waals surface area contributed by atoms with Crippen molar-refractivity contribution in [1.29, 1.82) is 0 Å². The molecule has 1 aliphatic rings. The number of rotatable bonds is 4. The second kappa shape index (κ2) is 5.83. The highest BCUT2D eigenvalue weighted by Crippen LogP contribution is 2.39. The summed E-state index contributed by atoms with van der Waals surface area (Å²) in [5.41, 5.74) is 2.39. The van der Waals surface area contributed by atoms with Crippen molar-refractivity contribution in [3.63, 3.8) is 0 Å². The Labute approximate surface area is 127 Å². The summed E-state index contributed by atoms with van der Waals surface area (Å²) in [5.74, 6) is 1.31. The van der Waals surface area contributed by atoms with Crippen LogP contribution in [0.2, 0.25) is 0 Å². The van der Waals surface area contributed by atoms with Crippen LogP contribution in [-0.4, -0.2) is 18.1 Å². The maximum Gasteiger partial charge on any atom is 0.237 e. The number of nitrogens with one attached hydrogen (secondary N) is 1. The summed E-state index contributed by atoms with van der Waals surface area (Å²) < 4.78 is 6.42. The van der Waals surface area contributed by atoms with E-state index in [4.69, 9.17) is 4.74 Å². The molecule has 20 heavy (non-hydrogen) atoms. The molecule has 1 heterocycles. The Bertz CT molecular complexity index is 597. The molecule has 3 rings (SSSR count). The molecular weight excluding hydrogens is 316 g/mol. The van der Waals surface area contributed by atoms with Crippen LogP contribution in [0.1, 0.15) is 24.3 Å². The van der Waals surface area contributed by atoms with Crippen LogP contribution in [0, 0.1) is 0 Å². The van der Waals surface area contributed by atoms with E-state index in [9.17, 15) is 0 Å². The highest BCUT2D eigenvalue weighted by Gasteiger charge is 2.30. The molecule has 0 bridgehead atoms. The Morgan fingerprint density at radius 1 is 1.25 bits per heavy atom. The third-order valence-corrected chi connectivity index (χ3v) is 4.28. The summed E-state index contributed by atoms with van der Waals surface area (Å²) in [7, 11) is 1.65. The van der Waals surface area contributed by atoms with Crippen LogP contribution < -0.4 is 10.1 Å². The van der Waals surface area contributed by atoms with Gasteiger partial charge < -0.3 is 10.1 Å². The van der Waals surface area contributed by atoms with E-state index in [-0.39, 0.29) is 0 Å². The number of nitrogens with zero attached hydrogens (tertiary/aromatic N) is 1. The van der Waals surface area contributed by atoms with E-state index in [1.54, 1.807) is 13.3 Å². The largest absolute Gasteiger partial charge is 0.480 e. The van der Waals surface area contributed by atoms with Crippen molar-refractivity contribution in [3.05, 3.63) is 52.6 Å². The first-order valence-corrected chi connectivity index (χ1v) is 7.56. The Kier molecular flexibility index (Phi) is 3.92. The summed E-state index contributed by atoms with van der Waals surface area (Å²) in [6.45, 7) is 0. The van der Waals surface area contributed by atoms with Crippen molar-refractivity contribution in [1.82, 2.24) is 4.98 Å². The number of pyridine rings is 1. The molecule has 0 spiro atoms. The summed E-state index contributed by atoms with van der Waals surface area (Å²) in [4.78, 5) is 4.21. The fourth-order valence-electron chi connectivity index (χ4n) is 2.65. The lowest BCUT2D eigenvalue weighted by atomic mass is 9.76. The Morgan fingerprint density at radius 3 is 2.85 bits per heavy atom. The summed E-state index contributed by atoms with van der Waals surface area (Å²) in [6.07, 6.45) is 4.04. The first-order valence-electron chi connectivity index (χ1n) is 6.77. The molecule has 0 amide bonds. The molecule has 1 fully saturated rings. The highest BCUT2D eigenvalue weighted by atomic mass is 79.9. The second-order valence-corrected chi connectivity index (χ2v) is 6.04. The van der Waals surface area contributed by atoms with Crippen LogP contribution in [-0.2, 0) is 0 Å². The van der Waals surface area contributed by atoms with Crippen LogP contribution >= 0.6 is 15.9 Å². The average molecular weight is 333 g/mol. The van der Waals surface area contributed by atoms with Gasteiger partial charge in [0.2, 0.25) is 5.88 Å². The minimum atomic E-state index is 0.497. The van der Waals surface area contributed by atoms with Gasteiger partial charge in [-0.05, 0) is 48.6 Å². The molecule has 3 nitrogen and oxygen atoms in total.